The van der Waals surface area contributed by atoms with Crippen molar-refractivity contribution in [3.8, 4) is 0 Å². The number of carbonyl (C=O) groups is 2. The SMILES string of the molecule is Cc1ccc(C(N)C(=O)NCC2CCC(=O)N2)cc1. The first-order valence-electron chi connectivity index (χ1n) is 6.45. The first-order valence-corrected chi connectivity index (χ1v) is 6.45. The summed E-state index contributed by atoms with van der Waals surface area (Å²) < 4.78 is 0. The van der Waals surface area contributed by atoms with Crippen molar-refractivity contribution < 1.29 is 9.59 Å². The third-order valence-electron chi connectivity index (χ3n) is 3.33. The Morgan fingerprint density at radius 2 is 2.16 bits per heavy atom. The van der Waals surface area contributed by atoms with Gasteiger partial charge in [0, 0.05) is 19.0 Å². The number of benzene rings is 1. The summed E-state index contributed by atoms with van der Waals surface area (Å²) in [6.45, 7) is 2.42. The van der Waals surface area contributed by atoms with Gasteiger partial charge in [-0.3, -0.25) is 9.59 Å². The van der Waals surface area contributed by atoms with Crippen LogP contribution in [-0.4, -0.2) is 24.4 Å². The zero-order valence-corrected chi connectivity index (χ0v) is 11.0. The zero-order valence-electron chi connectivity index (χ0n) is 11.0. The molecule has 2 atom stereocenters. The molecule has 1 saturated heterocycles. The predicted molar refractivity (Wildman–Crippen MR) is 72.3 cm³/mol. The minimum absolute atomic E-state index is 0.0293. The number of amides is 2. The van der Waals surface area contributed by atoms with Crippen LogP contribution in [0.25, 0.3) is 0 Å². The average molecular weight is 261 g/mol. The van der Waals surface area contributed by atoms with Crippen LogP contribution in [0.1, 0.15) is 30.0 Å². The fraction of sp³-hybridized carbons (Fsp3) is 0.429. The number of rotatable bonds is 4. The quantitative estimate of drug-likeness (QED) is 0.733. The Labute approximate surface area is 112 Å². The number of aryl methyl sites for hydroxylation is 1. The molecule has 5 nitrogen and oxygen atoms in total. The molecule has 2 rings (SSSR count). The summed E-state index contributed by atoms with van der Waals surface area (Å²) >= 11 is 0. The number of carbonyl (C=O) groups excluding carboxylic acids is 2. The maximum absolute atomic E-state index is 11.9. The summed E-state index contributed by atoms with van der Waals surface area (Å²) in [7, 11) is 0. The summed E-state index contributed by atoms with van der Waals surface area (Å²) in [5.41, 5.74) is 7.82. The molecule has 1 aliphatic heterocycles. The molecule has 1 aromatic rings. The van der Waals surface area contributed by atoms with Crippen LogP contribution < -0.4 is 16.4 Å². The highest BCUT2D eigenvalue weighted by atomic mass is 16.2. The van der Waals surface area contributed by atoms with E-state index in [1.807, 2.05) is 31.2 Å². The van der Waals surface area contributed by atoms with Crippen molar-refractivity contribution >= 4 is 11.8 Å². The molecule has 5 heteroatoms. The summed E-state index contributed by atoms with van der Waals surface area (Å²) in [5.74, 6) is -0.174. The molecule has 4 N–H and O–H groups in total. The second-order valence-electron chi connectivity index (χ2n) is 4.94. The Morgan fingerprint density at radius 3 is 2.74 bits per heavy atom. The number of nitrogens with two attached hydrogens (primary N) is 1. The van der Waals surface area contributed by atoms with Crippen molar-refractivity contribution in [3.63, 3.8) is 0 Å². The Hall–Kier alpha value is -1.88. The molecule has 19 heavy (non-hydrogen) atoms. The lowest BCUT2D eigenvalue weighted by Gasteiger charge is -2.15. The van der Waals surface area contributed by atoms with Crippen LogP contribution in [0.3, 0.4) is 0 Å². The van der Waals surface area contributed by atoms with E-state index in [0.717, 1.165) is 17.5 Å². The monoisotopic (exact) mass is 261 g/mol. The largest absolute Gasteiger partial charge is 0.352 e. The van der Waals surface area contributed by atoms with Gasteiger partial charge in [-0.15, -0.1) is 0 Å². The zero-order chi connectivity index (χ0) is 13.8. The van der Waals surface area contributed by atoms with Gasteiger partial charge in [0.25, 0.3) is 0 Å². The molecule has 0 saturated carbocycles. The fourth-order valence-corrected chi connectivity index (χ4v) is 2.09. The first-order chi connectivity index (χ1) is 9.06. The molecule has 0 aromatic heterocycles. The van der Waals surface area contributed by atoms with Gasteiger partial charge in [-0.1, -0.05) is 29.8 Å². The predicted octanol–water partition coefficient (Wildman–Crippen LogP) is 0.390. The smallest absolute Gasteiger partial charge is 0.241 e. The Kier molecular flexibility index (Phi) is 4.16. The van der Waals surface area contributed by atoms with E-state index in [9.17, 15) is 9.59 Å². The van der Waals surface area contributed by atoms with Gasteiger partial charge >= 0.3 is 0 Å². The molecular weight excluding hydrogens is 242 g/mol. The topological polar surface area (TPSA) is 84.2 Å². The average Bonchev–Trinajstić information content (AvgIpc) is 2.82. The molecular formula is C14H19N3O2. The van der Waals surface area contributed by atoms with Crippen LogP contribution in [0, 0.1) is 6.92 Å². The normalized spacial score (nSPS) is 19.9. The maximum Gasteiger partial charge on any atom is 0.241 e. The third-order valence-corrected chi connectivity index (χ3v) is 3.33. The van der Waals surface area contributed by atoms with Crippen molar-refractivity contribution in [2.45, 2.75) is 31.8 Å². The Bertz CT molecular complexity index is 470. The fourth-order valence-electron chi connectivity index (χ4n) is 2.09. The number of hydrogen-bond donors (Lipinski definition) is 3. The third kappa shape index (κ3) is 3.54. The molecule has 1 aliphatic rings. The van der Waals surface area contributed by atoms with Gasteiger partial charge in [-0.05, 0) is 18.9 Å². The van der Waals surface area contributed by atoms with Crippen LogP contribution in [0.15, 0.2) is 24.3 Å². The van der Waals surface area contributed by atoms with Gasteiger partial charge in [-0.2, -0.15) is 0 Å². The van der Waals surface area contributed by atoms with Crippen molar-refractivity contribution in [2.75, 3.05) is 6.54 Å². The first kappa shape index (κ1) is 13.5. The van der Waals surface area contributed by atoms with E-state index in [-0.39, 0.29) is 17.9 Å². The van der Waals surface area contributed by atoms with E-state index in [0.29, 0.717) is 13.0 Å². The van der Waals surface area contributed by atoms with Gasteiger partial charge < -0.3 is 16.4 Å². The molecule has 0 radical (unpaired) electrons. The van der Waals surface area contributed by atoms with E-state index in [4.69, 9.17) is 5.73 Å². The summed E-state index contributed by atoms with van der Waals surface area (Å²) in [5, 5.41) is 5.58. The van der Waals surface area contributed by atoms with Crippen molar-refractivity contribution in [2.24, 2.45) is 5.73 Å². The van der Waals surface area contributed by atoms with E-state index in [1.165, 1.54) is 0 Å². The van der Waals surface area contributed by atoms with Crippen molar-refractivity contribution in [1.29, 1.82) is 0 Å². The van der Waals surface area contributed by atoms with Crippen LogP contribution in [0.2, 0.25) is 0 Å². The van der Waals surface area contributed by atoms with Gasteiger partial charge in [0.05, 0.1) is 0 Å². The highest BCUT2D eigenvalue weighted by molar-refractivity contribution is 5.83. The van der Waals surface area contributed by atoms with Crippen LogP contribution in [0.5, 0.6) is 0 Å². The van der Waals surface area contributed by atoms with Crippen LogP contribution in [-0.2, 0) is 9.59 Å². The molecule has 0 bridgehead atoms. The molecule has 0 spiro atoms. The van der Waals surface area contributed by atoms with E-state index in [2.05, 4.69) is 10.6 Å². The lowest BCUT2D eigenvalue weighted by Crippen LogP contribution is -2.42. The lowest BCUT2D eigenvalue weighted by molar-refractivity contribution is -0.123. The number of nitrogens with one attached hydrogen (secondary N) is 2. The minimum Gasteiger partial charge on any atom is -0.352 e. The second kappa shape index (κ2) is 5.84. The van der Waals surface area contributed by atoms with Crippen molar-refractivity contribution in [3.05, 3.63) is 35.4 Å². The van der Waals surface area contributed by atoms with E-state index in [1.54, 1.807) is 0 Å². The van der Waals surface area contributed by atoms with E-state index < -0.39 is 6.04 Å². The molecule has 2 amide bonds. The van der Waals surface area contributed by atoms with E-state index >= 15 is 0 Å². The highest BCUT2D eigenvalue weighted by Crippen LogP contribution is 2.12. The van der Waals surface area contributed by atoms with Gasteiger partial charge in [-0.25, -0.2) is 0 Å². The molecule has 1 aromatic carbocycles. The number of hydrogen-bond acceptors (Lipinski definition) is 3. The van der Waals surface area contributed by atoms with Crippen molar-refractivity contribution in [1.82, 2.24) is 10.6 Å². The molecule has 0 aliphatic carbocycles. The minimum atomic E-state index is -0.669. The Balaban J connectivity index is 1.85. The summed E-state index contributed by atoms with van der Waals surface area (Å²) in [6, 6.07) is 6.94. The van der Waals surface area contributed by atoms with Crippen LogP contribution in [0.4, 0.5) is 0 Å². The molecule has 1 heterocycles. The maximum atomic E-state index is 11.9. The second-order valence-corrected chi connectivity index (χ2v) is 4.94. The van der Waals surface area contributed by atoms with Crippen LogP contribution >= 0.6 is 0 Å². The van der Waals surface area contributed by atoms with Gasteiger partial charge in [0.15, 0.2) is 0 Å². The summed E-state index contributed by atoms with van der Waals surface area (Å²) in [6.07, 6.45) is 1.30. The molecule has 102 valence electrons. The standard InChI is InChI=1S/C14H19N3O2/c1-9-2-4-10(5-3-9)13(15)14(19)16-8-11-6-7-12(18)17-11/h2-5,11,13H,6-8,15H2,1H3,(H,16,19)(H,17,18). The Morgan fingerprint density at radius 1 is 1.47 bits per heavy atom. The van der Waals surface area contributed by atoms with Gasteiger partial charge in [0.2, 0.25) is 11.8 Å². The highest BCUT2D eigenvalue weighted by Gasteiger charge is 2.22. The lowest BCUT2D eigenvalue weighted by atomic mass is 10.1. The molecule has 2 unspecified atom stereocenters. The molecule has 1 fully saturated rings. The summed E-state index contributed by atoms with van der Waals surface area (Å²) in [4.78, 5) is 23.0. The van der Waals surface area contributed by atoms with Gasteiger partial charge in [0.1, 0.15) is 6.04 Å².